The minimum absolute atomic E-state index is 0.177. The van der Waals surface area contributed by atoms with Gasteiger partial charge in [0.25, 0.3) is 0 Å². The number of nitriles is 1. The lowest BCUT2D eigenvalue weighted by Crippen LogP contribution is -2.01. The molecule has 2 aromatic carbocycles. The molecule has 6 heteroatoms. The Kier molecular flexibility index (Phi) is 4.05. The second kappa shape index (κ2) is 6.65. The molecule has 0 spiro atoms. The van der Waals surface area contributed by atoms with Gasteiger partial charge in [0.15, 0.2) is 0 Å². The van der Waals surface area contributed by atoms with Crippen molar-refractivity contribution in [1.29, 1.82) is 5.26 Å². The number of rotatable bonds is 3. The zero-order chi connectivity index (χ0) is 18.0. The van der Waals surface area contributed by atoms with Crippen molar-refractivity contribution in [3.63, 3.8) is 0 Å². The van der Waals surface area contributed by atoms with Crippen LogP contribution >= 0.6 is 11.6 Å². The topological polar surface area (TPSA) is 61.6 Å². The third-order valence-corrected chi connectivity index (χ3v) is 3.68. The molecule has 118 valence electrons. The minimum atomic E-state index is -0.488. The Hall–Kier alpha value is -2.97. The normalized spacial score (nSPS) is 11.5. The van der Waals surface area contributed by atoms with E-state index in [1.165, 1.54) is 18.2 Å². The lowest BCUT2D eigenvalue weighted by Gasteiger charge is -2.12. The Morgan fingerprint density at radius 1 is 1.33 bits per heavy atom. The summed E-state index contributed by atoms with van der Waals surface area (Å²) in [6.07, 6.45) is 2.64. The van der Waals surface area contributed by atoms with E-state index in [1.807, 2.05) is 6.07 Å². The van der Waals surface area contributed by atoms with Gasteiger partial charge in [0.1, 0.15) is 19.3 Å². The largest absolute Gasteiger partial charge is 0.337 e. The van der Waals surface area contributed by atoms with Crippen LogP contribution in [0.4, 0.5) is 15.9 Å². The third-order valence-electron chi connectivity index (χ3n) is 3.45. The second-order valence-electron chi connectivity index (χ2n) is 5.12. The van der Waals surface area contributed by atoms with Crippen molar-refractivity contribution in [2.75, 3.05) is 5.32 Å². The molecule has 4 nitrogen and oxygen atoms in total. The Labute approximate surface area is 144 Å². The number of nitrogens with one attached hydrogen (secondary N) is 1. The van der Waals surface area contributed by atoms with Crippen molar-refractivity contribution in [1.82, 2.24) is 9.97 Å². The summed E-state index contributed by atoms with van der Waals surface area (Å²) in [7, 11) is 0. The van der Waals surface area contributed by atoms with Crippen molar-refractivity contribution in [2.24, 2.45) is 0 Å². The van der Waals surface area contributed by atoms with Crippen LogP contribution in [0.25, 0.3) is 17.0 Å². The van der Waals surface area contributed by atoms with Crippen LogP contribution in [-0.2, 0) is 0 Å². The summed E-state index contributed by atoms with van der Waals surface area (Å²) in [6, 6.07) is 9.95. The maximum atomic E-state index is 14.5. The van der Waals surface area contributed by atoms with E-state index in [0.29, 0.717) is 32.9 Å². The van der Waals surface area contributed by atoms with Crippen molar-refractivity contribution >= 4 is 40.1 Å². The predicted molar refractivity (Wildman–Crippen MR) is 93.6 cm³/mol. The number of benzene rings is 2. The van der Waals surface area contributed by atoms with Gasteiger partial charge in [0, 0.05) is 16.5 Å². The quantitative estimate of drug-likeness (QED) is 0.681. The molecular formula is C18H12ClFN4. The molecule has 1 N–H and O–H groups in total. The van der Waals surface area contributed by atoms with Crippen LogP contribution in [0.5, 0.6) is 0 Å². The average Bonchev–Trinajstić information content (AvgIpc) is 2.56. The molecule has 0 bridgehead atoms. The predicted octanol–water partition coefficient (Wildman–Crippen LogP) is 5.01. The van der Waals surface area contributed by atoms with Crippen LogP contribution in [0.1, 0.15) is 12.5 Å². The summed E-state index contributed by atoms with van der Waals surface area (Å²) in [4.78, 5) is 8.09. The first kappa shape index (κ1) is 14.6. The van der Waals surface area contributed by atoms with Gasteiger partial charge in [-0.3, -0.25) is 0 Å². The molecule has 1 heterocycles. The van der Waals surface area contributed by atoms with E-state index in [9.17, 15) is 4.39 Å². The van der Waals surface area contributed by atoms with Gasteiger partial charge in [-0.1, -0.05) is 11.6 Å². The number of fused-ring (bicyclic) bond motifs is 1. The van der Waals surface area contributed by atoms with Gasteiger partial charge in [-0.15, -0.1) is 0 Å². The van der Waals surface area contributed by atoms with E-state index in [4.69, 9.17) is 18.2 Å². The number of hydrogen-bond donors (Lipinski definition) is 1. The SMILES string of the molecule is [2H]c1nc(Nc2c(C)cc(C=CC#N)cc2F)c2cc(Cl)ccc2n1. The van der Waals surface area contributed by atoms with E-state index >= 15 is 0 Å². The van der Waals surface area contributed by atoms with Gasteiger partial charge in [0.05, 0.1) is 17.3 Å². The van der Waals surface area contributed by atoms with Crippen molar-refractivity contribution in [2.45, 2.75) is 6.92 Å². The Morgan fingerprint density at radius 3 is 2.92 bits per heavy atom. The first-order valence-electron chi connectivity index (χ1n) is 7.55. The average molecular weight is 340 g/mol. The van der Waals surface area contributed by atoms with Crippen LogP contribution in [0.3, 0.4) is 0 Å². The number of allylic oxidation sites excluding steroid dienone is 1. The lowest BCUT2D eigenvalue weighted by atomic mass is 10.1. The van der Waals surface area contributed by atoms with E-state index in [1.54, 1.807) is 31.2 Å². The maximum absolute atomic E-state index is 14.5. The Morgan fingerprint density at radius 2 is 2.17 bits per heavy atom. The van der Waals surface area contributed by atoms with Crippen molar-refractivity contribution < 1.29 is 5.76 Å². The highest BCUT2D eigenvalue weighted by Gasteiger charge is 2.11. The lowest BCUT2D eigenvalue weighted by molar-refractivity contribution is 0.630. The highest BCUT2D eigenvalue weighted by atomic mass is 35.5. The van der Waals surface area contributed by atoms with Crippen LogP contribution in [-0.4, -0.2) is 9.97 Å². The molecule has 0 saturated carbocycles. The van der Waals surface area contributed by atoms with Crippen LogP contribution in [0, 0.1) is 24.1 Å². The molecule has 24 heavy (non-hydrogen) atoms. The third kappa shape index (κ3) is 3.19. The molecule has 0 aliphatic rings. The number of anilines is 2. The fourth-order valence-electron chi connectivity index (χ4n) is 2.36. The number of hydrogen-bond acceptors (Lipinski definition) is 4. The number of nitrogens with zero attached hydrogens (tertiary/aromatic N) is 3. The van der Waals surface area contributed by atoms with Crippen molar-refractivity contribution in [3.8, 4) is 6.07 Å². The minimum Gasteiger partial charge on any atom is -0.337 e. The molecule has 3 aromatic rings. The Bertz CT molecular complexity index is 1020. The molecule has 0 aliphatic heterocycles. The molecule has 0 atom stereocenters. The molecule has 0 unspecified atom stereocenters. The van der Waals surface area contributed by atoms with E-state index < -0.39 is 5.82 Å². The molecule has 3 rings (SSSR count). The highest BCUT2D eigenvalue weighted by molar-refractivity contribution is 6.31. The molecule has 1 aromatic heterocycles. The fourth-order valence-corrected chi connectivity index (χ4v) is 2.53. The summed E-state index contributed by atoms with van der Waals surface area (Å²) in [5.74, 6) is -0.183. The number of halogens is 2. The zero-order valence-corrected chi connectivity index (χ0v) is 13.4. The molecular weight excluding hydrogens is 327 g/mol. The standard InChI is InChI=1S/C18H12ClFN4/c1-11-7-12(3-2-6-21)8-15(20)17(11)24-18-14-9-13(19)4-5-16(14)22-10-23-18/h2-5,7-10H,1H3,(H,22,23,24)/i10D. The van der Waals surface area contributed by atoms with Crippen LogP contribution in [0.15, 0.2) is 42.7 Å². The summed E-state index contributed by atoms with van der Waals surface area (Å²) < 4.78 is 22.2. The molecule has 0 saturated heterocycles. The zero-order valence-electron chi connectivity index (χ0n) is 13.6. The van der Waals surface area contributed by atoms with Gasteiger partial charge in [-0.2, -0.15) is 5.26 Å². The molecule has 0 radical (unpaired) electrons. The van der Waals surface area contributed by atoms with Gasteiger partial charge >= 0.3 is 0 Å². The molecule has 0 amide bonds. The smallest absolute Gasteiger partial charge is 0.147 e. The van der Waals surface area contributed by atoms with Crippen LogP contribution < -0.4 is 5.32 Å². The summed E-state index contributed by atoms with van der Waals surface area (Å²) in [5, 5.41) is 12.6. The van der Waals surface area contributed by atoms with Crippen molar-refractivity contribution in [3.05, 3.63) is 64.7 Å². The molecule has 0 fully saturated rings. The Balaban J connectivity index is 2.09. The van der Waals surface area contributed by atoms with Crippen LogP contribution in [0.2, 0.25) is 5.02 Å². The van der Waals surface area contributed by atoms with E-state index in [0.717, 1.165) is 0 Å². The number of aromatic nitrogens is 2. The first-order valence-corrected chi connectivity index (χ1v) is 7.43. The monoisotopic (exact) mass is 339 g/mol. The molecule has 0 aliphatic carbocycles. The highest BCUT2D eigenvalue weighted by Crippen LogP contribution is 2.29. The summed E-state index contributed by atoms with van der Waals surface area (Å²) in [5.41, 5.74) is 2.00. The van der Waals surface area contributed by atoms with Gasteiger partial charge < -0.3 is 5.32 Å². The van der Waals surface area contributed by atoms with E-state index in [2.05, 4.69) is 15.3 Å². The maximum Gasteiger partial charge on any atom is 0.147 e. The fraction of sp³-hybridized carbons (Fsp3) is 0.0556. The first-order chi connectivity index (χ1) is 12.0. The summed E-state index contributed by atoms with van der Waals surface area (Å²) in [6.45, 7) is 1.74. The van der Waals surface area contributed by atoms with Gasteiger partial charge in [0.2, 0.25) is 0 Å². The second-order valence-corrected chi connectivity index (χ2v) is 5.55. The number of aryl methyl sites for hydroxylation is 1. The van der Waals surface area contributed by atoms with E-state index in [-0.39, 0.29) is 12.0 Å². The van der Waals surface area contributed by atoms with Gasteiger partial charge in [-0.05, 0) is 54.5 Å². The van der Waals surface area contributed by atoms with Gasteiger partial charge in [-0.25, -0.2) is 14.4 Å². The summed E-state index contributed by atoms with van der Waals surface area (Å²) >= 11 is 6.03.